The number of carbonyl (C=O) groups is 1. The van der Waals surface area contributed by atoms with Crippen LogP contribution in [0, 0.1) is 0 Å². The van der Waals surface area contributed by atoms with Gasteiger partial charge in [-0.3, -0.25) is 4.79 Å². The third-order valence-electron chi connectivity index (χ3n) is 4.42. The zero-order valence-electron chi connectivity index (χ0n) is 12.5. The summed E-state index contributed by atoms with van der Waals surface area (Å²) in [5.74, 6) is 0.418. The molecule has 2 heterocycles. The van der Waals surface area contributed by atoms with Crippen molar-refractivity contribution in [1.29, 1.82) is 0 Å². The molecule has 2 aromatic rings. The number of fused-ring (bicyclic) bond motifs is 1. The van der Waals surface area contributed by atoms with Crippen molar-refractivity contribution in [3.63, 3.8) is 0 Å². The summed E-state index contributed by atoms with van der Waals surface area (Å²) in [6.45, 7) is 4.22. The van der Waals surface area contributed by atoms with E-state index in [1.54, 1.807) is 0 Å². The summed E-state index contributed by atoms with van der Waals surface area (Å²) < 4.78 is 0. The second kappa shape index (κ2) is 5.35. The average molecular weight is 283 g/mol. The van der Waals surface area contributed by atoms with Crippen molar-refractivity contribution >= 4 is 22.5 Å². The van der Waals surface area contributed by atoms with E-state index in [0.717, 1.165) is 23.6 Å². The molecule has 4 heteroatoms. The van der Waals surface area contributed by atoms with Crippen LogP contribution in [0.2, 0.25) is 0 Å². The fourth-order valence-corrected chi connectivity index (χ4v) is 3.29. The summed E-state index contributed by atoms with van der Waals surface area (Å²) in [6, 6.07) is 10.1. The van der Waals surface area contributed by atoms with Crippen molar-refractivity contribution in [3.8, 4) is 0 Å². The minimum atomic E-state index is -0.00727. The number of piperidine rings is 1. The SMILES string of the molecule is CC1CCCC(C)N1C(=O)c1cc2ccccc2c(N)n1. The van der Waals surface area contributed by atoms with E-state index in [4.69, 9.17) is 5.73 Å². The Labute approximate surface area is 125 Å². The maximum absolute atomic E-state index is 12.8. The summed E-state index contributed by atoms with van der Waals surface area (Å²) in [5, 5.41) is 1.86. The van der Waals surface area contributed by atoms with Gasteiger partial charge in [0.15, 0.2) is 0 Å². The molecule has 3 rings (SSSR count). The predicted octanol–water partition coefficient (Wildman–Crippen LogP) is 3.22. The van der Waals surface area contributed by atoms with E-state index in [1.807, 2.05) is 35.2 Å². The van der Waals surface area contributed by atoms with Crippen molar-refractivity contribution in [2.75, 3.05) is 5.73 Å². The predicted molar refractivity (Wildman–Crippen MR) is 85.1 cm³/mol. The molecule has 1 fully saturated rings. The lowest BCUT2D eigenvalue weighted by atomic mass is 9.97. The van der Waals surface area contributed by atoms with Crippen LogP contribution in [0.15, 0.2) is 30.3 Å². The number of anilines is 1. The third kappa shape index (κ3) is 2.46. The maximum atomic E-state index is 12.8. The smallest absolute Gasteiger partial charge is 0.273 e. The number of benzene rings is 1. The van der Waals surface area contributed by atoms with E-state index >= 15 is 0 Å². The standard InChI is InChI=1S/C17H21N3O/c1-11-6-5-7-12(2)20(11)17(21)15-10-13-8-3-4-9-14(13)16(18)19-15/h3-4,8-12H,5-7H2,1-2H3,(H2,18,19). The summed E-state index contributed by atoms with van der Waals surface area (Å²) in [5.41, 5.74) is 6.46. The molecule has 0 spiro atoms. The van der Waals surface area contributed by atoms with E-state index in [9.17, 15) is 4.79 Å². The highest BCUT2D eigenvalue weighted by Gasteiger charge is 2.30. The Balaban J connectivity index is 2.01. The Morgan fingerprint density at radius 1 is 1.24 bits per heavy atom. The van der Waals surface area contributed by atoms with Crippen molar-refractivity contribution in [1.82, 2.24) is 9.88 Å². The molecule has 4 nitrogen and oxygen atoms in total. The van der Waals surface area contributed by atoms with Crippen LogP contribution in [0.3, 0.4) is 0 Å². The summed E-state index contributed by atoms with van der Waals surface area (Å²) in [7, 11) is 0. The van der Waals surface area contributed by atoms with Crippen LogP contribution >= 0.6 is 0 Å². The Kier molecular flexibility index (Phi) is 3.53. The molecule has 1 aromatic carbocycles. The van der Waals surface area contributed by atoms with Gasteiger partial charge in [0.2, 0.25) is 0 Å². The summed E-state index contributed by atoms with van der Waals surface area (Å²) in [4.78, 5) is 19.1. The highest BCUT2D eigenvalue weighted by Crippen LogP contribution is 2.26. The zero-order valence-corrected chi connectivity index (χ0v) is 12.5. The second-order valence-electron chi connectivity index (χ2n) is 5.96. The highest BCUT2D eigenvalue weighted by atomic mass is 16.2. The van der Waals surface area contributed by atoms with Crippen LogP contribution in [-0.2, 0) is 0 Å². The molecule has 2 unspecified atom stereocenters. The summed E-state index contributed by atoms with van der Waals surface area (Å²) in [6.07, 6.45) is 3.29. The molecule has 1 aliphatic heterocycles. The molecule has 21 heavy (non-hydrogen) atoms. The molecule has 0 saturated carbocycles. The van der Waals surface area contributed by atoms with Crippen LogP contribution in [0.4, 0.5) is 5.82 Å². The van der Waals surface area contributed by atoms with Gasteiger partial charge in [0.1, 0.15) is 11.5 Å². The number of nitrogen functional groups attached to an aromatic ring is 1. The van der Waals surface area contributed by atoms with Gasteiger partial charge in [0.25, 0.3) is 5.91 Å². The fourth-order valence-electron chi connectivity index (χ4n) is 3.29. The number of nitrogens with zero attached hydrogens (tertiary/aromatic N) is 2. The van der Waals surface area contributed by atoms with E-state index in [-0.39, 0.29) is 18.0 Å². The van der Waals surface area contributed by atoms with Crippen LogP contribution in [-0.4, -0.2) is 27.9 Å². The van der Waals surface area contributed by atoms with Crippen molar-refractivity contribution in [2.45, 2.75) is 45.2 Å². The first-order chi connectivity index (χ1) is 10.1. The van der Waals surface area contributed by atoms with Crippen LogP contribution in [0.1, 0.15) is 43.6 Å². The number of amides is 1. The highest BCUT2D eigenvalue weighted by molar-refractivity contribution is 6.00. The molecule has 2 atom stereocenters. The minimum absolute atomic E-state index is 0.00727. The number of aromatic nitrogens is 1. The van der Waals surface area contributed by atoms with Gasteiger partial charge in [-0.05, 0) is 44.6 Å². The first-order valence-corrected chi connectivity index (χ1v) is 7.56. The lowest BCUT2D eigenvalue weighted by Crippen LogP contribution is -2.47. The topological polar surface area (TPSA) is 59.2 Å². The molecule has 1 aromatic heterocycles. The minimum Gasteiger partial charge on any atom is -0.383 e. The van der Waals surface area contributed by atoms with E-state index < -0.39 is 0 Å². The Bertz CT molecular complexity index is 673. The number of rotatable bonds is 1. The molecule has 0 aliphatic carbocycles. The van der Waals surface area contributed by atoms with E-state index in [2.05, 4.69) is 18.8 Å². The number of hydrogen-bond donors (Lipinski definition) is 1. The third-order valence-corrected chi connectivity index (χ3v) is 4.42. The van der Waals surface area contributed by atoms with Gasteiger partial charge in [-0.2, -0.15) is 0 Å². The maximum Gasteiger partial charge on any atom is 0.273 e. The molecule has 1 aliphatic rings. The van der Waals surface area contributed by atoms with Gasteiger partial charge in [-0.1, -0.05) is 24.3 Å². The fraction of sp³-hybridized carbons (Fsp3) is 0.412. The lowest BCUT2D eigenvalue weighted by Gasteiger charge is -2.38. The monoisotopic (exact) mass is 283 g/mol. The quantitative estimate of drug-likeness (QED) is 0.874. The zero-order chi connectivity index (χ0) is 15.0. The van der Waals surface area contributed by atoms with Gasteiger partial charge in [0, 0.05) is 17.5 Å². The molecule has 2 N–H and O–H groups in total. The number of pyridine rings is 1. The van der Waals surface area contributed by atoms with Crippen LogP contribution in [0.5, 0.6) is 0 Å². The Hall–Kier alpha value is -2.10. The van der Waals surface area contributed by atoms with Crippen molar-refractivity contribution in [3.05, 3.63) is 36.0 Å². The first kappa shape index (κ1) is 13.9. The van der Waals surface area contributed by atoms with E-state index in [1.165, 1.54) is 6.42 Å². The van der Waals surface area contributed by atoms with Crippen LogP contribution < -0.4 is 5.73 Å². The van der Waals surface area contributed by atoms with Crippen molar-refractivity contribution in [2.24, 2.45) is 0 Å². The summed E-state index contributed by atoms with van der Waals surface area (Å²) >= 11 is 0. The van der Waals surface area contributed by atoms with Crippen molar-refractivity contribution < 1.29 is 4.79 Å². The normalized spacial score (nSPS) is 22.5. The number of nitrogens with two attached hydrogens (primary N) is 1. The van der Waals surface area contributed by atoms with Gasteiger partial charge in [-0.15, -0.1) is 0 Å². The number of likely N-dealkylation sites (tertiary alicyclic amines) is 1. The largest absolute Gasteiger partial charge is 0.383 e. The number of carbonyl (C=O) groups excluding carboxylic acids is 1. The molecular formula is C17H21N3O. The molecule has 110 valence electrons. The molecule has 0 bridgehead atoms. The molecular weight excluding hydrogens is 262 g/mol. The molecule has 0 radical (unpaired) electrons. The van der Waals surface area contributed by atoms with Gasteiger partial charge in [0.05, 0.1) is 0 Å². The van der Waals surface area contributed by atoms with Crippen LogP contribution in [0.25, 0.3) is 10.8 Å². The molecule has 1 amide bonds. The average Bonchev–Trinajstić information content (AvgIpc) is 2.47. The Morgan fingerprint density at radius 2 is 1.90 bits per heavy atom. The number of hydrogen-bond acceptors (Lipinski definition) is 3. The lowest BCUT2D eigenvalue weighted by molar-refractivity contribution is 0.0505. The molecule has 1 saturated heterocycles. The van der Waals surface area contributed by atoms with Gasteiger partial charge < -0.3 is 10.6 Å². The Morgan fingerprint density at radius 3 is 2.62 bits per heavy atom. The van der Waals surface area contributed by atoms with Gasteiger partial charge in [-0.25, -0.2) is 4.98 Å². The second-order valence-corrected chi connectivity index (χ2v) is 5.96. The first-order valence-electron chi connectivity index (χ1n) is 7.56. The van der Waals surface area contributed by atoms with Gasteiger partial charge >= 0.3 is 0 Å². The van der Waals surface area contributed by atoms with E-state index in [0.29, 0.717) is 11.5 Å².